The first-order valence-corrected chi connectivity index (χ1v) is 6.09. The number of halogens is 2. The molecule has 3 nitrogen and oxygen atoms in total. The van der Waals surface area contributed by atoms with Gasteiger partial charge in [0, 0.05) is 36.3 Å². The fraction of sp³-hybridized carbons (Fsp3) is 0.500. The molecule has 0 radical (unpaired) electrons. The van der Waals surface area contributed by atoms with E-state index in [0.717, 1.165) is 19.7 Å². The van der Waals surface area contributed by atoms with Crippen molar-refractivity contribution in [3.05, 3.63) is 34.6 Å². The summed E-state index contributed by atoms with van der Waals surface area (Å²) < 4.78 is 18.7. The van der Waals surface area contributed by atoms with Crippen molar-refractivity contribution in [3.63, 3.8) is 0 Å². The van der Waals surface area contributed by atoms with Gasteiger partial charge in [-0.1, -0.05) is 11.6 Å². The van der Waals surface area contributed by atoms with Gasteiger partial charge >= 0.3 is 0 Å². The molecule has 2 rings (SSSR count). The van der Waals surface area contributed by atoms with Crippen LogP contribution < -0.4 is 10.6 Å². The molecular weight excluding hydrogens is 243 g/mol. The minimum atomic E-state index is -0.227. The van der Waals surface area contributed by atoms with Gasteiger partial charge in [0.1, 0.15) is 5.82 Å². The molecule has 94 valence electrons. The Morgan fingerprint density at radius 1 is 1.53 bits per heavy atom. The highest BCUT2D eigenvalue weighted by Gasteiger charge is 2.12. The fourth-order valence-electron chi connectivity index (χ4n) is 1.81. The van der Waals surface area contributed by atoms with Gasteiger partial charge in [-0.2, -0.15) is 0 Å². The maximum absolute atomic E-state index is 13.4. The first-order chi connectivity index (χ1) is 8.25. The summed E-state index contributed by atoms with van der Waals surface area (Å²) in [4.78, 5) is 0. The number of hydrogen-bond acceptors (Lipinski definition) is 3. The second-order valence-corrected chi connectivity index (χ2v) is 4.53. The molecule has 1 aromatic rings. The van der Waals surface area contributed by atoms with Crippen molar-refractivity contribution in [3.8, 4) is 0 Å². The van der Waals surface area contributed by atoms with E-state index in [1.54, 1.807) is 12.1 Å². The van der Waals surface area contributed by atoms with Crippen LogP contribution in [0.1, 0.15) is 5.56 Å². The molecule has 17 heavy (non-hydrogen) atoms. The number of morpholine rings is 1. The molecule has 1 unspecified atom stereocenters. The van der Waals surface area contributed by atoms with Crippen molar-refractivity contribution in [2.75, 3.05) is 26.3 Å². The summed E-state index contributed by atoms with van der Waals surface area (Å²) in [6.07, 6.45) is 0. The van der Waals surface area contributed by atoms with E-state index in [-0.39, 0.29) is 5.82 Å². The standard InChI is InChI=1S/C12H16ClFN2O/c13-10-1-2-12(14)9(5-10)6-15-7-11-8-17-4-3-16-11/h1-2,5,11,15-16H,3-4,6-8H2. The van der Waals surface area contributed by atoms with E-state index in [0.29, 0.717) is 29.8 Å². The molecule has 5 heteroatoms. The molecule has 1 aliphatic rings. The highest BCUT2D eigenvalue weighted by atomic mass is 35.5. The second-order valence-electron chi connectivity index (χ2n) is 4.09. The van der Waals surface area contributed by atoms with Crippen LogP contribution in [-0.2, 0) is 11.3 Å². The van der Waals surface area contributed by atoms with E-state index >= 15 is 0 Å². The zero-order valence-electron chi connectivity index (χ0n) is 9.51. The average Bonchev–Trinajstić information content (AvgIpc) is 2.35. The van der Waals surface area contributed by atoms with Crippen LogP contribution in [0.2, 0.25) is 5.02 Å². The summed E-state index contributed by atoms with van der Waals surface area (Å²) in [5.74, 6) is -0.227. The molecule has 1 fully saturated rings. The molecule has 1 saturated heterocycles. The molecule has 1 atom stereocenters. The van der Waals surface area contributed by atoms with Gasteiger partial charge < -0.3 is 15.4 Å². The molecule has 0 aromatic heterocycles. The maximum atomic E-state index is 13.4. The smallest absolute Gasteiger partial charge is 0.127 e. The van der Waals surface area contributed by atoms with Crippen LogP contribution in [0.25, 0.3) is 0 Å². The Morgan fingerprint density at radius 2 is 2.41 bits per heavy atom. The topological polar surface area (TPSA) is 33.3 Å². The molecular formula is C12H16ClFN2O. The van der Waals surface area contributed by atoms with Crippen LogP contribution in [0.5, 0.6) is 0 Å². The average molecular weight is 259 g/mol. The highest BCUT2D eigenvalue weighted by Crippen LogP contribution is 2.14. The molecule has 1 heterocycles. The van der Waals surface area contributed by atoms with Crippen LogP contribution in [0.15, 0.2) is 18.2 Å². The summed E-state index contributed by atoms with van der Waals surface area (Å²) in [5.41, 5.74) is 0.592. The Kier molecular flexibility index (Phi) is 4.74. The van der Waals surface area contributed by atoms with Crippen molar-refractivity contribution in [2.24, 2.45) is 0 Å². The van der Waals surface area contributed by atoms with Gasteiger partial charge in [-0.15, -0.1) is 0 Å². The van der Waals surface area contributed by atoms with Crippen molar-refractivity contribution >= 4 is 11.6 Å². The van der Waals surface area contributed by atoms with Crippen molar-refractivity contribution in [2.45, 2.75) is 12.6 Å². The minimum absolute atomic E-state index is 0.227. The molecule has 0 amide bonds. The lowest BCUT2D eigenvalue weighted by molar-refractivity contribution is 0.0766. The van der Waals surface area contributed by atoms with E-state index in [4.69, 9.17) is 16.3 Å². The van der Waals surface area contributed by atoms with Crippen LogP contribution in [-0.4, -0.2) is 32.3 Å². The van der Waals surface area contributed by atoms with E-state index in [1.165, 1.54) is 6.07 Å². The van der Waals surface area contributed by atoms with Crippen molar-refractivity contribution in [1.82, 2.24) is 10.6 Å². The van der Waals surface area contributed by atoms with Crippen LogP contribution in [0.3, 0.4) is 0 Å². The monoisotopic (exact) mass is 258 g/mol. The third-order valence-corrected chi connectivity index (χ3v) is 2.95. The number of ether oxygens (including phenoxy) is 1. The molecule has 1 aromatic carbocycles. The molecule has 0 spiro atoms. The summed E-state index contributed by atoms with van der Waals surface area (Å²) in [5, 5.41) is 7.08. The van der Waals surface area contributed by atoms with Gasteiger partial charge in [-0.25, -0.2) is 4.39 Å². The number of nitrogens with one attached hydrogen (secondary N) is 2. The van der Waals surface area contributed by atoms with Crippen LogP contribution in [0.4, 0.5) is 4.39 Å². The fourth-order valence-corrected chi connectivity index (χ4v) is 2.01. The van der Waals surface area contributed by atoms with Gasteiger partial charge in [-0.3, -0.25) is 0 Å². The lowest BCUT2D eigenvalue weighted by Gasteiger charge is -2.24. The molecule has 0 saturated carbocycles. The first-order valence-electron chi connectivity index (χ1n) is 5.71. The third-order valence-electron chi connectivity index (χ3n) is 2.71. The predicted molar refractivity (Wildman–Crippen MR) is 65.7 cm³/mol. The molecule has 1 aliphatic heterocycles. The second kappa shape index (κ2) is 6.31. The molecule has 2 N–H and O–H groups in total. The minimum Gasteiger partial charge on any atom is -0.378 e. The molecule has 0 aliphatic carbocycles. The maximum Gasteiger partial charge on any atom is 0.127 e. The van der Waals surface area contributed by atoms with Gasteiger partial charge in [-0.05, 0) is 18.2 Å². The quantitative estimate of drug-likeness (QED) is 0.860. The van der Waals surface area contributed by atoms with Crippen LogP contribution >= 0.6 is 11.6 Å². The zero-order chi connectivity index (χ0) is 12.1. The van der Waals surface area contributed by atoms with Gasteiger partial charge in [0.25, 0.3) is 0 Å². The Labute approximate surface area is 105 Å². The predicted octanol–water partition coefficient (Wildman–Crippen LogP) is 1.56. The zero-order valence-corrected chi connectivity index (χ0v) is 10.3. The Hall–Kier alpha value is -0.680. The largest absolute Gasteiger partial charge is 0.378 e. The van der Waals surface area contributed by atoms with E-state index in [1.807, 2.05) is 0 Å². The highest BCUT2D eigenvalue weighted by molar-refractivity contribution is 6.30. The summed E-state index contributed by atoms with van der Waals surface area (Å²) in [6, 6.07) is 4.89. The number of rotatable bonds is 4. The van der Waals surface area contributed by atoms with Crippen LogP contribution in [0, 0.1) is 5.82 Å². The Balaban J connectivity index is 1.79. The number of benzene rings is 1. The van der Waals surface area contributed by atoms with Crippen molar-refractivity contribution < 1.29 is 9.13 Å². The Bertz CT molecular complexity index is 370. The normalized spacial score (nSPS) is 20.5. The lowest BCUT2D eigenvalue weighted by Crippen LogP contribution is -2.47. The summed E-state index contributed by atoms with van der Waals surface area (Å²) in [7, 11) is 0. The summed E-state index contributed by atoms with van der Waals surface area (Å²) in [6.45, 7) is 3.57. The first kappa shape index (κ1) is 12.8. The van der Waals surface area contributed by atoms with Gasteiger partial charge in [0.05, 0.1) is 13.2 Å². The number of hydrogen-bond donors (Lipinski definition) is 2. The third kappa shape index (κ3) is 3.92. The Morgan fingerprint density at radius 3 is 3.18 bits per heavy atom. The lowest BCUT2D eigenvalue weighted by atomic mass is 10.2. The van der Waals surface area contributed by atoms with Crippen molar-refractivity contribution in [1.29, 1.82) is 0 Å². The van der Waals surface area contributed by atoms with Gasteiger partial charge in [0.15, 0.2) is 0 Å². The van der Waals surface area contributed by atoms with E-state index in [2.05, 4.69) is 10.6 Å². The summed E-state index contributed by atoms with van der Waals surface area (Å²) >= 11 is 5.82. The van der Waals surface area contributed by atoms with E-state index < -0.39 is 0 Å². The molecule has 0 bridgehead atoms. The SMILES string of the molecule is Fc1ccc(Cl)cc1CNCC1COCCN1. The van der Waals surface area contributed by atoms with Gasteiger partial charge in [0.2, 0.25) is 0 Å². The van der Waals surface area contributed by atoms with E-state index in [9.17, 15) is 4.39 Å².